The van der Waals surface area contributed by atoms with Crippen LogP contribution in [-0.4, -0.2) is 63.0 Å². The molecule has 6 heteroatoms. The van der Waals surface area contributed by atoms with E-state index < -0.39 is 9.84 Å². The van der Waals surface area contributed by atoms with Crippen molar-refractivity contribution in [2.24, 2.45) is 0 Å². The minimum atomic E-state index is -2.83. The van der Waals surface area contributed by atoms with Gasteiger partial charge < -0.3 is 0 Å². The van der Waals surface area contributed by atoms with Crippen molar-refractivity contribution < 1.29 is 8.42 Å². The largest absolute Gasteiger partial charge is 0.300 e. The van der Waals surface area contributed by atoms with Crippen LogP contribution in [0.1, 0.15) is 4.88 Å². The predicted octanol–water partition coefficient (Wildman–Crippen LogP) is 0.910. The van der Waals surface area contributed by atoms with E-state index in [-0.39, 0.29) is 5.75 Å². The first kappa shape index (κ1) is 14.0. The van der Waals surface area contributed by atoms with Gasteiger partial charge in [-0.05, 0) is 11.4 Å². The van der Waals surface area contributed by atoms with Gasteiger partial charge in [0.05, 0.1) is 5.75 Å². The van der Waals surface area contributed by atoms with E-state index in [0.717, 1.165) is 32.7 Å². The number of piperazine rings is 1. The molecule has 0 radical (unpaired) electrons. The van der Waals surface area contributed by atoms with Crippen LogP contribution in [0.15, 0.2) is 17.5 Å². The van der Waals surface area contributed by atoms with E-state index in [4.69, 9.17) is 0 Å². The molecule has 4 nitrogen and oxygen atoms in total. The van der Waals surface area contributed by atoms with Gasteiger partial charge >= 0.3 is 0 Å². The lowest BCUT2D eigenvalue weighted by Gasteiger charge is -2.34. The van der Waals surface area contributed by atoms with E-state index in [9.17, 15) is 8.42 Å². The topological polar surface area (TPSA) is 40.6 Å². The number of rotatable bonds is 5. The third-order valence-electron chi connectivity index (χ3n) is 3.20. The van der Waals surface area contributed by atoms with Gasteiger partial charge in [0.2, 0.25) is 0 Å². The molecule has 0 amide bonds. The van der Waals surface area contributed by atoms with Crippen LogP contribution >= 0.6 is 11.3 Å². The molecule has 1 fully saturated rings. The highest BCUT2D eigenvalue weighted by Gasteiger charge is 2.18. The van der Waals surface area contributed by atoms with Gasteiger partial charge in [-0.1, -0.05) is 6.07 Å². The molecule has 2 rings (SSSR count). The molecule has 0 saturated carbocycles. The summed E-state index contributed by atoms with van der Waals surface area (Å²) < 4.78 is 22.2. The van der Waals surface area contributed by atoms with Gasteiger partial charge in [-0.25, -0.2) is 8.42 Å². The summed E-state index contributed by atoms with van der Waals surface area (Å²) in [6, 6.07) is 4.25. The lowest BCUT2D eigenvalue weighted by Crippen LogP contribution is -2.47. The summed E-state index contributed by atoms with van der Waals surface area (Å²) >= 11 is 1.80. The normalized spacial score (nSPS) is 19.2. The molecule has 2 heterocycles. The maximum absolute atomic E-state index is 11.1. The third-order valence-corrected chi connectivity index (χ3v) is 4.99. The number of hydrogen-bond acceptors (Lipinski definition) is 5. The van der Waals surface area contributed by atoms with E-state index in [1.165, 1.54) is 11.1 Å². The standard InChI is InChI=1S/C12H20N2O2S2/c1-18(15,16)10-8-13-4-6-14(7-5-13)11-12-3-2-9-17-12/h2-3,9H,4-8,10-11H2,1H3. The number of hydrogen-bond donors (Lipinski definition) is 0. The Morgan fingerprint density at radius 3 is 2.44 bits per heavy atom. The highest BCUT2D eigenvalue weighted by molar-refractivity contribution is 7.90. The lowest BCUT2D eigenvalue weighted by atomic mass is 10.3. The summed E-state index contributed by atoms with van der Waals surface area (Å²) in [7, 11) is -2.83. The fraction of sp³-hybridized carbons (Fsp3) is 0.667. The molecule has 1 saturated heterocycles. The van der Waals surface area contributed by atoms with Crippen molar-refractivity contribution in [3.63, 3.8) is 0 Å². The van der Waals surface area contributed by atoms with E-state index >= 15 is 0 Å². The van der Waals surface area contributed by atoms with Crippen molar-refractivity contribution in [3.05, 3.63) is 22.4 Å². The monoisotopic (exact) mass is 288 g/mol. The first-order chi connectivity index (χ1) is 8.53. The Morgan fingerprint density at radius 1 is 1.22 bits per heavy atom. The Labute approximate surface area is 113 Å². The maximum atomic E-state index is 11.1. The second-order valence-corrected chi connectivity index (χ2v) is 8.12. The molecule has 102 valence electrons. The SMILES string of the molecule is CS(=O)(=O)CCN1CCN(Cc2cccs2)CC1. The number of nitrogens with zero attached hydrogens (tertiary/aromatic N) is 2. The number of thiophene rings is 1. The average molecular weight is 288 g/mol. The molecule has 0 aliphatic carbocycles. The van der Waals surface area contributed by atoms with Crippen molar-refractivity contribution in [2.75, 3.05) is 44.7 Å². The van der Waals surface area contributed by atoms with Gasteiger partial charge in [0.15, 0.2) is 0 Å². The maximum Gasteiger partial charge on any atom is 0.148 e. The Morgan fingerprint density at radius 2 is 1.89 bits per heavy atom. The summed E-state index contributed by atoms with van der Waals surface area (Å²) in [5.74, 6) is 0.276. The minimum Gasteiger partial charge on any atom is -0.300 e. The van der Waals surface area contributed by atoms with Crippen LogP contribution in [0.3, 0.4) is 0 Å². The van der Waals surface area contributed by atoms with Crippen LogP contribution in [0, 0.1) is 0 Å². The zero-order valence-corrected chi connectivity index (χ0v) is 12.3. The Balaban J connectivity index is 1.71. The summed E-state index contributed by atoms with van der Waals surface area (Å²) in [6.45, 7) is 5.70. The summed E-state index contributed by atoms with van der Waals surface area (Å²) in [5.41, 5.74) is 0. The highest BCUT2D eigenvalue weighted by atomic mass is 32.2. The van der Waals surface area contributed by atoms with Crippen molar-refractivity contribution in [3.8, 4) is 0 Å². The Bertz CT molecular complexity index is 448. The molecular weight excluding hydrogens is 268 g/mol. The first-order valence-corrected chi connectivity index (χ1v) is 9.12. The zero-order valence-electron chi connectivity index (χ0n) is 10.7. The molecule has 1 aromatic heterocycles. The van der Waals surface area contributed by atoms with Crippen LogP contribution in [0.5, 0.6) is 0 Å². The van der Waals surface area contributed by atoms with Gasteiger partial charge in [-0.2, -0.15) is 0 Å². The Hall–Kier alpha value is -0.430. The molecule has 0 bridgehead atoms. The molecule has 18 heavy (non-hydrogen) atoms. The zero-order chi connectivity index (χ0) is 13.0. The van der Waals surface area contributed by atoms with E-state index in [2.05, 4.69) is 27.3 Å². The van der Waals surface area contributed by atoms with Crippen LogP contribution < -0.4 is 0 Å². The second-order valence-electron chi connectivity index (χ2n) is 4.83. The highest BCUT2D eigenvalue weighted by Crippen LogP contribution is 2.13. The summed E-state index contributed by atoms with van der Waals surface area (Å²) in [4.78, 5) is 6.08. The van der Waals surface area contributed by atoms with Crippen molar-refractivity contribution >= 4 is 21.2 Å². The van der Waals surface area contributed by atoms with E-state index in [0.29, 0.717) is 6.54 Å². The molecular formula is C12H20N2O2S2. The average Bonchev–Trinajstić information content (AvgIpc) is 2.80. The van der Waals surface area contributed by atoms with Gasteiger partial charge in [0.1, 0.15) is 9.84 Å². The van der Waals surface area contributed by atoms with Gasteiger partial charge in [0.25, 0.3) is 0 Å². The third kappa shape index (κ3) is 4.68. The molecule has 1 aromatic rings. The van der Waals surface area contributed by atoms with Crippen LogP contribution in [0.25, 0.3) is 0 Å². The van der Waals surface area contributed by atoms with E-state index in [1.54, 1.807) is 11.3 Å². The molecule has 1 aliphatic rings. The molecule has 1 aliphatic heterocycles. The van der Waals surface area contributed by atoms with Crippen LogP contribution in [0.4, 0.5) is 0 Å². The molecule has 0 atom stereocenters. The van der Waals surface area contributed by atoms with Gasteiger partial charge in [-0.3, -0.25) is 9.80 Å². The lowest BCUT2D eigenvalue weighted by molar-refractivity contribution is 0.133. The molecule has 0 N–H and O–H groups in total. The molecule has 0 unspecified atom stereocenters. The Kier molecular flexibility index (Phi) is 4.77. The van der Waals surface area contributed by atoms with Crippen molar-refractivity contribution in [2.45, 2.75) is 6.54 Å². The fourth-order valence-electron chi connectivity index (χ4n) is 2.09. The van der Waals surface area contributed by atoms with Crippen molar-refractivity contribution in [1.29, 1.82) is 0 Å². The fourth-order valence-corrected chi connectivity index (χ4v) is 3.42. The van der Waals surface area contributed by atoms with Gasteiger partial charge in [-0.15, -0.1) is 11.3 Å². The van der Waals surface area contributed by atoms with Crippen LogP contribution in [0.2, 0.25) is 0 Å². The van der Waals surface area contributed by atoms with Crippen LogP contribution in [-0.2, 0) is 16.4 Å². The summed E-state index contributed by atoms with van der Waals surface area (Å²) in [6.07, 6.45) is 1.31. The number of sulfone groups is 1. The summed E-state index contributed by atoms with van der Waals surface area (Å²) in [5, 5.41) is 2.11. The first-order valence-electron chi connectivity index (χ1n) is 6.18. The quantitative estimate of drug-likeness (QED) is 0.807. The molecule has 0 spiro atoms. The van der Waals surface area contributed by atoms with Gasteiger partial charge in [0, 0.05) is 50.4 Å². The molecule has 0 aromatic carbocycles. The smallest absolute Gasteiger partial charge is 0.148 e. The second kappa shape index (κ2) is 6.14. The predicted molar refractivity (Wildman–Crippen MR) is 75.7 cm³/mol. The van der Waals surface area contributed by atoms with E-state index in [1.807, 2.05) is 0 Å². The van der Waals surface area contributed by atoms with Crippen molar-refractivity contribution in [1.82, 2.24) is 9.80 Å². The minimum absolute atomic E-state index is 0.276.